The van der Waals surface area contributed by atoms with Crippen molar-refractivity contribution in [1.29, 1.82) is 0 Å². The minimum absolute atomic E-state index is 0.0399. The Balaban J connectivity index is 1.49. The zero-order valence-electron chi connectivity index (χ0n) is 15.6. The van der Waals surface area contributed by atoms with E-state index in [1.165, 1.54) is 4.90 Å². The summed E-state index contributed by atoms with van der Waals surface area (Å²) in [4.78, 5) is 39.0. The van der Waals surface area contributed by atoms with Gasteiger partial charge in [0.2, 0.25) is 17.7 Å². The summed E-state index contributed by atoms with van der Waals surface area (Å²) in [7, 11) is 0. The molecule has 0 aromatic rings. The van der Waals surface area contributed by atoms with Crippen molar-refractivity contribution in [2.45, 2.75) is 65.4 Å². The lowest BCUT2D eigenvalue weighted by Crippen LogP contribution is -2.59. The highest BCUT2D eigenvalue weighted by molar-refractivity contribution is 6.03. The predicted molar refractivity (Wildman–Crippen MR) is 92.5 cm³/mol. The summed E-state index contributed by atoms with van der Waals surface area (Å²) in [5, 5.41) is 2.88. The fourth-order valence-electron chi connectivity index (χ4n) is 4.63. The van der Waals surface area contributed by atoms with Gasteiger partial charge < -0.3 is 10.1 Å². The van der Waals surface area contributed by atoms with Crippen LogP contribution < -0.4 is 5.32 Å². The number of ether oxygens (including phenoxy) is 1. The fourth-order valence-corrected chi connectivity index (χ4v) is 4.63. The van der Waals surface area contributed by atoms with E-state index >= 15 is 0 Å². The van der Waals surface area contributed by atoms with Crippen LogP contribution in [-0.2, 0) is 19.1 Å². The van der Waals surface area contributed by atoms with E-state index in [9.17, 15) is 14.4 Å². The molecule has 2 bridgehead atoms. The quantitative estimate of drug-likeness (QED) is 0.742. The van der Waals surface area contributed by atoms with Crippen molar-refractivity contribution in [3.05, 3.63) is 0 Å². The van der Waals surface area contributed by atoms with Gasteiger partial charge in [0.05, 0.1) is 11.5 Å². The van der Waals surface area contributed by atoms with Crippen molar-refractivity contribution in [1.82, 2.24) is 10.2 Å². The van der Waals surface area contributed by atoms with Crippen molar-refractivity contribution in [2.24, 2.45) is 16.7 Å². The third-order valence-electron chi connectivity index (χ3n) is 6.84. The Hall–Kier alpha value is -1.43. The van der Waals surface area contributed by atoms with Gasteiger partial charge in [-0.15, -0.1) is 0 Å². The lowest BCUT2D eigenvalue weighted by atomic mass is 9.62. The van der Waals surface area contributed by atoms with Gasteiger partial charge in [-0.05, 0) is 37.5 Å². The highest BCUT2D eigenvalue weighted by atomic mass is 16.5. The third kappa shape index (κ3) is 3.09. The van der Waals surface area contributed by atoms with Crippen LogP contribution in [0.1, 0.15) is 59.3 Å². The summed E-state index contributed by atoms with van der Waals surface area (Å²) in [6.07, 6.45) is 4.57. The molecule has 3 atom stereocenters. The number of nitrogens with one attached hydrogen (secondary N) is 1. The van der Waals surface area contributed by atoms with Crippen LogP contribution in [0.15, 0.2) is 0 Å². The predicted octanol–water partition coefficient (Wildman–Crippen LogP) is 1.87. The van der Waals surface area contributed by atoms with E-state index in [0.717, 1.165) is 32.3 Å². The van der Waals surface area contributed by atoms with Crippen LogP contribution in [-0.4, -0.2) is 48.4 Å². The van der Waals surface area contributed by atoms with Crippen LogP contribution >= 0.6 is 0 Å². The molecule has 0 spiro atoms. The monoisotopic (exact) mass is 350 g/mol. The number of carbonyl (C=O) groups excluding carboxylic acids is 3. The molecule has 0 aromatic carbocycles. The highest BCUT2D eigenvalue weighted by Crippen LogP contribution is 2.60. The number of piperidine rings is 1. The molecule has 3 fully saturated rings. The molecule has 0 radical (unpaired) electrons. The Bertz CT molecular complexity index is 568. The first-order chi connectivity index (χ1) is 11.8. The number of hydrogen-bond acceptors (Lipinski definition) is 4. The second-order valence-electron chi connectivity index (χ2n) is 8.48. The number of hydrogen-bond donors (Lipinski definition) is 1. The van der Waals surface area contributed by atoms with E-state index in [0.29, 0.717) is 25.9 Å². The van der Waals surface area contributed by atoms with Crippen molar-refractivity contribution in [3.63, 3.8) is 0 Å². The number of amides is 3. The summed E-state index contributed by atoms with van der Waals surface area (Å²) in [6.45, 7) is 7.73. The molecule has 140 valence electrons. The summed E-state index contributed by atoms with van der Waals surface area (Å²) in [5.41, 5.74) is -0.746. The summed E-state index contributed by atoms with van der Waals surface area (Å²) in [6, 6.07) is 0. The Kier molecular flexibility index (Phi) is 4.93. The van der Waals surface area contributed by atoms with Crippen LogP contribution in [0.5, 0.6) is 0 Å². The third-order valence-corrected chi connectivity index (χ3v) is 6.84. The molecule has 6 nitrogen and oxygen atoms in total. The molecule has 3 unspecified atom stereocenters. The van der Waals surface area contributed by atoms with Gasteiger partial charge in [0, 0.05) is 32.0 Å². The average Bonchev–Trinajstić information content (AvgIpc) is 3.13. The molecule has 3 aliphatic rings. The van der Waals surface area contributed by atoms with E-state index in [1.54, 1.807) is 0 Å². The van der Waals surface area contributed by atoms with Gasteiger partial charge in [0.25, 0.3) is 0 Å². The number of imide groups is 1. The van der Waals surface area contributed by atoms with E-state index in [2.05, 4.69) is 5.32 Å². The molecule has 1 saturated carbocycles. The van der Waals surface area contributed by atoms with E-state index in [4.69, 9.17) is 4.74 Å². The largest absolute Gasteiger partial charge is 0.376 e. The summed E-state index contributed by atoms with van der Waals surface area (Å²) in [5.74, 6) is -0.230. The van der Waals surface area contributed by atoms with Gasteiger partial charge >= 0.3 is 0 Å². The standard InChI is InChI=1S/C19H30N2O4/c1-18(2)14-8-9-19(18,3)17(24)21(16(14)23)10-4-7-15(22)20-12-13-6-5-11-25-13/h13-14H,4-12H2,1-3H3,(H,20,22). The Morgan fingerprint density at radius 2 is 2.04 bits per heavy atom. The van der Waals surface area contributed by atoms with E-state index in [1.807, 2.05) is 20.8 Å². The van der Waals surface area contributed by atoms with Crippen LogP contribution in [0.4, 0.5) is 0 Å². The molecule has 2 saturated heterocycles. The first kappa shape index (κ1) is 18.4. The Morgan fingerprint density at radius 1 is 1.28 bits per heavy atom. The highest BCUT2D eigenvalue weighted by Gasteiger charge is 2.64. The zero-order chi connectivity index (χ0) is 18.2. The molecule has 25 heavy (non-hydrogen) atoms. The molecule has 2 aliphatic heterocycles. The molecule has 1 N–H and O–H groups in total. The van der Waals surface area contributed by atoms with Crippen LogP contribution in [0.3, 0.4) is 0 Å². The summed E-state index contributed by atoms with van der Waals surface area (Å²) < 4.78 is 5.48. The van der Waals surface area contributed by atoms with Crippen molar-refractivity contribution >= 4 is 17.7 Å². The fraction of sp³-hybridized carbons (Fsp3) is 0.842. The number of rotatable bonds is 6. The molecular formula is C19H30N2O4. The van der Waals surface area contributed by atoms with Crippen molar-refractivity contribution in [3.8, 4) is 0 Å². The molecular weight excluding hydrogens is 320 g/mol. The number of likely N-dealkylation sites (tertiary alicyclic amines) is 1. The topological polar surface area (TPSA) is 75.7 Å². The lowest BCUT2D eigenvalue weighted by molar-refractivity contribution is -0.168. The van der Waals surface area contributed by atoms with Gasteiger partial charge in [0.15, 0.2) is 0 Å². The maximum Gasteiger partial charge on any atom is 0.235 e. The maximum atomic E-state index is 12.9. The zero-order valence-corrected chi connectivity index (χ0v) is 15.6. The second kappa shape index (κ2) is 6.71. The maximum absolute atomic E-state index is 12.9. The van der Waals surface area contributed by atoms with Gasteiger partial charge in [-0.25, -0.2) is 0 Å². The first-order valence-electron chi connectivity index (χ1n) is 9.51. The lowest BCUT2D eigenvalue weighted by Gasteiger charge is -2.47. The molecule has 0 aromatic heterocycles. The normalized spacial score (nSPS) is 33.8. The van der Waals surface area contributed by atoms with Crippen LogP contribution in [0.25, 0.3) is 0 Å². The van der Waals surface area contributed by atoms with Gasteiger partial charge in [-0.3, -0.25) is 19.3 Å². The molecule has 3 amide bonds. The number of carbonyl (C=O) groups is 3. The number of fused-ring (bicyclic) bond motifs is 2. The minimum atomic E-state index is -0.465. The first-order valence-corrected chi connectivity index (χ1v) is 9.51. The van der Waals surface area contributed by atoms with E-state index in [-0.39, 0.29) is 35.2 Å². The SMILES string of the molecule is CC12CCC(C(=O)N(CCCC(=O)NCC3CCCO3)C1=O)C2(C)C. The number of nitrogens with zero attached hydrogens (tertiary/aromatic N) is 1. The van der Waals surface area contributed by atoms with E-state index < -0.39 is 5.41 Å². The van der Waals surface area contributed by atoms with Gasteiger partial charge in [-0.1, -0.05) is 20.8 Å². The Morgan fingerprint density at radius 3 is 2.72 bits per heavy atom. The van der Waals surface area contributed by atoms with Crippen LogP contribution in [0.2, 0.25) is 0 Å². The Labute approximate surface area is 149 Å². The minimum Gasteiger partial charge on any atom is -0.376 e. The van der Waals surface area contributed by atoms with Gasteiger partial charge in [-0.2, -0.15) is 0 Å². The smallest absolute Gasteiger partial charge is 0.235 e. The van der Waals surface area contributed by atoms with Gasteiger partial charge in [0.1, 0.15) is 0 Å². The summed E-state index contributed by atoms with van der Waals surface area (Å²) >= 11 is 0. The second-order valence-corrected chi connectivity index (χ2v) is 8.48. The van der Waals surface area contributed by atoms with Crippen molar-refractivity contribution < 1.29 is 19.1 Å². The molecule has 3 rings (SSSR count). The van der Waals surface area contributed by atoms with Crippen LogP contribution in [0, 0.1) is 16.7 Å². The average molecular weight is 350 g/mol. The molecule has 6 heteroatoms. The molecule has 1 aliphatic carbocycles. The molecule has 2 heterocycles. The van der Waals surface area contributed by atoms with Crippen molar-refractivity contribution in [2.75, 3.05) is 19.7 Å².